The molecular formula is C32H46N4O4. The maximum absolute atomic E-state index is 12.8. The Kier molecular flexibility index (Phi) is 10.3. The van der Waals surface area contributed by atoms with E-state index >= 15 is 0 Å². The first-order valence-corrected chi connectivity index (χ1v) is 14.6. The van der Waals surface area contributed by atoms with Gasteiger partial charge in [-0.2, -0.15) is 0 Å². The molecule has 0 atom stereocenters. The van der Waals surface area contributed by atoms with Gasteiger partial charge in [-0.1, -0.05) is 30.3 Å². The van der Waals surface area contributed by atoms with Gasteiger partial charge in [-0.05, 0) is 70.3 Å². The van der Waals surface area contributed by atoms with Crippen molar-refractivity contribution in [2.45, 2.75) is 62.9 Å². The fourth-order valence-corrected chi connectivity index (χ4v) is 6.16. The van der Waals surface area contributed by atoms with Gasteiger partial charge in [0.25, 0.3) is 0 Å². The maximum Gasteiger partial charge on any atom is 0.222 e. The minimum absolute atomic E-state index is 0.0645. The van der Waals surface area contributed by atoms with Crippen LogP contribution in [0.15, 0.2) is 48.5 Å². The summed E-state index contributed by atoms with van der Waals surface area (Å²) in [6.07, 6.45) is 6.52. The summed E-state index contributed by atoms with van der Waals surface area (Å²) >= 11 is 0. The van der Waals surface area contributed by atoms with Gasteiger partial charge in [0.2, 0.25) is 11.8 Å². The average Bonchev–Trinajstić information content (AvgIpc) is 2.98. The number of amides is 2. The van der Waals surface area contributed by atoms with E-state index in [9.17, 15) is 9.59 Å². The van der Waals surface area contributed by atoms with Gasteiger partial charge in [0.15, 0.2) is 0 Å². The summed E-state index contributed by atoms with van der Waals surface area (Å²) in [7, 11) is 7.65. The Bertz CT molecular complexity index is 1110. The lowest BCUT2D eigenvalue weighted by Crippen LogP contribution is -2.52. The van der Waals surface area contributed by atoms with Crippen LogP contribution < -0.4 is 19.7 Å². The Labute approximate surface area is 239 Å². The molecule has 0 spiro atoms. The molecule has 1 aliphatic carbocycles. The second kappa shape index (κ2) is 13.9. The molecule has 8 nitrogen and oxygen atoms in total. The Hall–Kier alpha value is -3.26. The summed E-state index contributed by atoms with van der Waals surface area (Å²) in [5.74, 6) is 1.72. The summed E-state index contributed by atoms with van der Waals surface area (Å²) in [6.45, 7) is 2.82. The molecule has 1 aliphatic heterocycles. The minimum atomic E-state index is 0.0645. The van der Waals surface area contributed by atoms with Gasteiger partial charge in [0.05, 0.1) is 19.9 Å². The van der Waals surface area contributed by atoms with Gasteiger partial charge >= 0.3 is 0 Å². The van der Waals surface area contributed by atoms with Crippen LogP contribution in [0.2, 0.25) is 0 Å². The second-order valence-corrected chi connectivity index (χ2v) is 11.4. The molecule has 8 heteroatoms. The topological polar surface area (TPSA) is 74.4 Å². The monoisotopic (exact) mass is 550 g/mol. The van der Waals surface area contributed by atoms with Crippen LogP contribution in [0, 0.1) is 0 Å². The highest BCUT2D eigenvalue weighted by Gasteiger charge is 2.37. The molecular weight excluding hydrogens is 504 g/mol. The van der Waals surface area contributed by atoms with Crippen LogP contribution in [0.5, 0.6) is 11.5 Å². The van der Waals surface area contributed by atoms with Crippen molar-refractivity contribution in [3.05, 3.63) is 54.1 Å². The molecule has 2 aliphatic rings. The van der Waals surface area contributed by atoms with Gasteiger partial charge < -0.3 is 29.5 Å². The fourth-order valence-electron chi connectivity index (χ4n) is 6.16. The van der Waals surface area contributed by atoms with Gasteiger partial charge in [0.1, 0.15) is 11.5 Å². The summed E-state index contributed by atoms with van der Waals surface area (Å²) < 4.78 is 10.8. The van der Waals surface area contributed by atoms with Crippen LogP contribution in [0.25, 0.3) is 0 Å². The molecule has 0 unspecified atom stereocenters. The van der Waals surface area contributed by atoms with E-state index in [1.165, 1.54) is 5.56 Å². The van der Waals surface area contributed by atoms with E-state index in [1.807, 2.05) is 23.1 Å². The summed E-state index contributed by atoms with van der Waals surface area (Å²) in [4.78, 5) is 32.1. The smallest absolute Gasteiger partial charge is 0.222 e. The van der Waals surface area contributed by atoms with Crippen molar-refractivity contribution in [2.24, 2.45) is 0 Å². The molecule has 2 aromatic rings. The number of hydrogen-bond acceptors (Lipinski definition) is 6. The van der Waals surface area contributed by atoms with E-state index < -0.39 is 0 Å². The largest absolute Gasteiger partial charge is 0.497 e. The maximum atomic E-state index is 12.8. The second-order valence-electron chi connectivity index (χ2n) is 11.4. The van der Waals surface area contributed by atoms with E-state index in [4.69, 9.17) is 9.47 Å². The van der Waals surface area contributed by atoms with Crippen LogP contribution >= 0.6 is 0 Å². The van der Waals surface area contributed by atoms with E-state index in [2.05, 4.69) is 59.5 Å². The van der Waals surface area contributed by atoms with Crippen molar-refractivity contribution in [3.63, 3.8) is 0 Å². The lowest BCUT2D eigenvalue weighted by atomic mass is 9.75. The standard InChI is InChI=1S/C32H46N4O4/c1-34(2)32(24-25-9-6-5-7-10-25)17-15-26(16-18-32)33-30(37)11-8-12-31(38)36-21-19-35(20-22-36)28-14-13-27(39-3)23-29(28)40-4/h5-7,9-10,13-14,23,26H,8,11-12,15-22,24H2,1-4H3,(H,33,37). The lowest BCUT2D eigenvalue weighted by Gasteiger charge is -2.45. The Balaban J connectivity index is 1.16. The van der Waals surface area contributed by atoms with Crippen LogP contribution in [-0.2, 0) is 16.0 Å². The number of ether oxygens (including phenoxy) is 2. The number of rotatable bonds is 11. The summed E-state index contributed by atoms with van der Waals surface area (Å²) in [5.41, 5.74) is 2.51. The molecule has 1 saturated heterocycles. The van der Waals surface area contributed by atoms with Gasteiger partial charge in [-0.15, -0.1) is 0 Å². The first kappa shape index (κ1) is 29.7. The zero-order valence-electron chi connectivity index (χ0n) is 24.7. The summed E-state index contributed by atoms with van der Waals surface area (Å²) in [5, 5.41) is 3.25. The Morgan fingerprint density at radius 2 is 1.65 bits per heavy atom. The zero-order chi connectivity index (χ0) is 28.5. The van der Waals surface area contributed by atoms with Crippen molar-refractivity contribution in [3.8, 4) is 11.5 Å². The fraction of sp³-hybridized carbons (Fsp3) is 0.562. The van der Waals surface area contributed by atoms with Crippen LogP contribution in [0.1, 0.15) is 50.5 Å². The SMILES string of the molecule is COc1ccc(N2CCN(C(=O)CCCC(=O)NC3CCC(Cc4ccccc4)(N(C)C)CC3)CC2)c(OC)c1. The number of benzene rings is 2. The Morgan fingerprint density at radius 3 is 2.27 bits per heavy atom. The average molecular weight is 551 g/mol. The number of hydrogen-bond donors (Lipinski definition) is 1. The quantitative estimate of drug-likeness (QED) is 0.454. The molecule has 2 aromatic carbocycles. The molecule has 0 radical (unpaired) electrons. The molecule has 1 N–H and O–H groups in total. The third-order valence-electron chi connectivity index (χ3n) is 8.76. The van der Waals surface area contributed by atoms with Crippen molar-refractivity contribution >= 4 is 17.5 Å². The molecule has 1 heterocycles. The van der Waals surface area contributed by atoms with Crippen molar-refractivity contribution in [1.29, 1.82) is 0 Å². The lowest BCUT2D eigenvalue weighted by molar-refractivity contribution is -0.131. The first-order chi connectivity index (χ1) is 19.3. The van der Waals surface area contributed by atoms with E-state index in [1.54, 1.807) is 14.2 Å². The van der Waals surface area contributed by atoms with Crippen molar-refractivity contribution in [1.82, 2.24) is 15.1 Å². The highest BCUT2D eigenvalue weighted by Crippen LogP contribution is 2.36. The number of anilines is 1. The molecule has 218 valence electrons. The van der Waals surface area contributed by atoms with Crippen LogP contribution in [0.3, 0.4) is 0 Å². The normalized spacial score (nSPS) is 21.3. The number of methoxy groups -OCH3 is 2. The van der Waals surface area contributed by atoms with Crippen LogP contribution in [0.4, 0.5) is 5.69 Å². The molecule has 4 rings (SSSR count). The van der Waals surface area contributed by atoms with E-state index in [0.717, 1.165) is 62.4 Å². The number of carbonyl (C=O) groups is 2. The Morgan fingerprint density at radius 1 is 0.950 bits per heavy atom. The number of nitrogens with one attached hydrogen (secondary N) is 1. The van der Waals surface area contributed by atoms with Crippen LogP contribution in [-0.4, -0.2) is 87.7 Å². The van der Waals surface area contributed by atoms with Gasteiger partial charge in [-0.25, -0.2) is 0 Å². The molecule has 0 bridgehead atoms. The number of nitrogens with zero attached hydrogens (tertiary/aromatic N) is 3. The highest BCUT2D eigenvalue weighted by molar-refractivity contribution is 5.79. The third-order valence-corrected chi connectivity index (χ3v) is 8.76. The molecule has 0 aromatic heterocycles. The zero-order valence-corrected chi connectivity index (χ0v) is 24.7. The van der Waals surface area contributed by atoms with Crippen molar-refractivity contribution < 1.29 is 19.1 Å². The molecule has 2 fully saturated rings. The van der Waals surface area contributed by atoms with Crippen molar-refractivity contribution in [2.75, 3.05) is 59.4 Å². The third kappa shape index (κ3) is 7.47. The number of likely N-dealkylation sites (N-methyl/N-ethyl adjacent to an activating group) is 1. The minimum Gasteiger partial charge on any atom is -0.497 e. The first-order valence-electron chi connectivity index (χ1n) is 14.6. The number of piperazine rings is 1. The van der Waals surface area contributed by atoms with E-state index in [-0.39, 0.29) is 23.4 Å². The van der Waals surface area contributed by atoms with Gasteiger partial charge in [0, 0.05) is 56.7 Å². The highest BCUT2D eigenvalue weighted by atomic mass is 16.5. The predicted molar refractivity (Wildman–Crippen MR) is 159 cm³/mol. The van der Waals surface area contributed by atoms with Gasteiger partial charge in [-0.3, -0.25) is 9.59 Å². The molecule has 1 saturated carbocycles. The number of carbonyl (C=O) groups excluding carboxylic acids is 2. The summed E-state index contributed by atoms with van der Waals surface area (Å²) in [6, 6.07) is 16.7. The predicted octanol–water partition coefficient (Wildman–Crippen LogP) is 4.12. The molecule has 2 amide bonds. The van der Waals surface area contributed by atoms with E-state index in [0.29, 0.717) is 32.4 Å². The molecule has 40 heavy (non-hydrogen) atoms.